The van der Waals surface area contributed by atoms with Crippen molar-refractivity contribution in [2.75, 3.05) is 23.9 Å². The van der Waals surface area contributed by atoms with Gasteiger partial charge in [0, 0.05) is 17.9 Å². The minimum atomic E-state index is 0.531. The summed E-state index contributed by atoms with van der Waals surface area (Å²) >= 11 is 6.17. The van der Waals surface area contributed by atoms with Crippen LogP contribution < -0.4 is 15.0 Å². The van der Waals surface area contributed by atoms with Crippen LogP contribution in [0.5, 0.6) is 5.75 Å². The Morgan fingerprint density at radius 1 is 1.20 bits per heavy atom. The lowest BCUT2D eigenvalue weighted by Crippen LogP contribution is -2.17. The number of fused-ring (bicyclic) bond motifs is 1. The Labute approximate surface area is 150 Å². The number of para-hydroxylation sites is 1. The highest BCUT2D eigenvalue weighted by Gasteiger charge is 2.22. The van der Waals surface area contributed by atoms with Crippen LogP contribution in [0, 0.1) is 0 Å². The summed E-state index contributed by atoms with van der Waals surface area (Å²) in [6.07, 6.45) is 2.56. The number of ether oxygens (including phenoxy) is 1. The molecule has 4 rings (SSSR count). The SMILES string of the molecule is COc1ccc(Nc2cnnc(N3CCc4ccccc43)n2)cc1Cl. The topological polar surface area (TPSA) is 63.2 Å². The summed E-state index contributed by atoms with van der Waals surface area (Å²) in [6.45, 7) is 0.846. The zero-order chi connectivity index (χ0) is 17.2. The third kappa shape index (κ3) is 3.08. The number of benzene rings is 2. The maximum atomic E-state index is 6.17. The molecule has 25 heavy (non-hydrogen) atoms. The van der Waals surface area contributed by atoms with Gasteiger partial charge in [0.15, 0.2) is 5.82 Å². The van der Waals surface area contributed by atoms with E-state index in [0.717, 1.165) is 24.3 Å². The van der Waals surface area contributed by atoms with Crippen molar-refractivity contribution < 1.29 is 4.74 Å². The van der Waals surface area contributed by atoms with E-state index in [4.69, 9.17) is 16.3 Å². The second-order valence-electron chi connectivity index (χ2n) is 5.65. The molecule has 0 amide bonds. The first-order valence-electron chi connectivity index (χ1n) is 7.90. The minimum absolute atomic E-state index is 0.531. The fourth-order valence-electron chi connectivity index (χ4n) is 2.91. The van der Waals surface area contributed by atoms with Gasteiger partial charge in [-0.25, -0.2) is 0 Å². The van der Waals surface area contributed by atoms with E-state index >= 15 is 0 Å². The van der Waals surface area contributed by atoms with Gasteiger partial charge in [-0.05, 0) is 36.2 Å². The van der Waals surface area contributed by atoms with Gasteiger partial charge in [-0.3, -0.25) is 0 Å². The normalized spacial score (nSPS) is 12.8. The molecule has 0 bridgehead atoms. The molecule has 0 saturated carbocycles. The molecule has 0 saturated heterocycles. The van der Waals surface area contributed by atoms with E-state index in [9.17, 15) is 0 Å². The standard InChI is InChI=1S/C18H16ClN5O/c1-25-16-7-6-13(10-14(16)19)21-17-11-20-23-18(22-17)24-9-8-12-4-2-3-5-15(12)24/h2-7,10-11H,8-9H2,1H3,(H,21,22,23). The number of anilines is 4. The average molecular weight is 354 g/mol. The number of rotatable bonds is 4. The van der Waals surface area contributed by atoms with Crippen LogP contribution in [0.25, 0.3) is 0 Å². The van der Waals surface area contributed by atoms with Gasteiger partial charge < -0.3 is 15.0 Å². The van der Waals surface area contributed by atoms with Gasteiger partial charge in [0.1, 0.15) is 5.75 Å². The van der Waals surface area contributed by atoms with Crippen molar-refractivity contribution in [3.05, 3.63) is 59.2 Å². The minimum Gasteiger partial charge on any atom is -0.495 e. The molecule has 0 spiro atoms. The third-order valence-electron chi connectivity index (χ3n) is 4.10. The van der Waals surface area contributed by atoms with Crippen molar-refractivity contribution in [2.24, 2.45) is 0 Å². The van der Waals surface area contributed by atoms with Crippen LogP contribution in [-0.4, -0.2) is 28.8 Å². The van der Waals surface area contributed by atoms with Crippen LogP contribution in [0.2, 0.25) is 5.02 Å². The maximum Gasteiger partial charge on any atom is 0.251 e. The molecule has 7 heteroatoms. The molecule has 1 aromatic heterocycles. The molecule has 1 aliphatic heterocycles. The van der Waals surface area contributed by atoms with E-state index in [1.807, 2.05) is 18.2 Å². The molecule has 0 unspecified atom stereocenters. The number of hydrogen-bond acceptors (Lipinski definition) is 6. The predicted molar refractivity (Wildman–Crippen MR) is 98.3 cm³/mol. The Bertz CT molecular complexity index is 917. The lowest BCUT2D eigenvalue weighted by atomic mass is 10.2. The molecule has 0 radical (unpaired) electrons. The largest absolute Gasteiger partial charge is 0.495 e. The predicted octanol–water partition coefficient (Wildman–Crippen LogP) is 3.97. The van der Waals surface area contributed by atoms with E-state index in [1.165, 1.54) is 5.56 Å². The second kappa shape index (κ2) is 6.57. The van der Waals surface area contributed by atoms with E-state index in [2.05, 4.69) is 37.5 Å². The second-order valence-corrected chi connectivity index (χ2v) is 6.05. The smallest absolute Gasteiger partial charge is 0.251 e. The van der Waals surface area contributed by atoms with Crippen LogP contribution >= 0.6 is 11.6 Å². The van der Waals surface area contributed by atoms with Crippen molar-refractivity contribution in [1.29, 1.82) is 0 Å². The molecular formula is C18H16ClN5O. The third-order valence-corrected chi connectivity index (χ3v) is 4.40. The summed E-state index contributed by atoms with van der Waals surface area (Å²) in [7, 11) is 1.59. The van der Waals surface area contributed by atoms with Crippen molar-refractivity contribution in [2.45, 2.75) is 6.42 Å². The van der Waals surface area contributed by atoms with Gasteiger partial charge in [0.25, 0.3) is 5.95 Å². The first kappa shape index (κ1) is 15.7. The summed E-state index contributed by atoms with van der Waals surface area (Å²) in [4.78, 5) is 6.67. The number of aromatic nitrogens is 3. The van der Waals surface area contributed by atoms with Crippen LogP contribution in [-0.2, 0) is 6.42 Å². The molecule has 0 aliphatic carbocycles. The first-order valence-corrected chi connectivity index (χ1v) is 8.28. The Morgan fingerprint density at radius 2 is 2.08 bits per heavy atom. The van der Waals surface area contributed by atoms with Gasteiger partial charge in [-0.2, -0.15) is 10.1 Å². The Balaban J connectivity index is 1.59. The van der Waals surface area contributed by atoms with Crippen LogP contribution in [0.4, 0.5) is 23.1 Å². The lowest BCUT2D eigenvalue weighted by Gasteiger charge is -2.17. The summed E-state index contributed by atoms with van der Waals surface area (Å²) in [5.74, 6) is 1.81. The number of hydrogen-bond donors (Lipinski definition) is 1. The Kier molecular flexibility index (Phi) is 4.11. The highest BCUT2D eigenvalue weighted by Crippen LogP contribution is 2.33. The summed E-state index contributed by atoms with van der Waals surface area (Å²) in [6, 6.07) is 13.7. The molecule has 1 N–H and O–H groups in total. The van der Waals surface area contributed by atoms with Crippen molar-refractivity contribution in [3.8, 4) is 5.75 Å². The number of nitrogens with one attached hydrogen (secondary N) is 1. The van der Waals surface area contributed by atoms with E-state index in [-0.39, 0.29) is 0 Å². The monoisotopic (exact) mass is 353 g/mol. The first-order chi connectivity index (χ1) is 12.2. The van der Waals surface area contributed by atoms with Gasteiger partial charge >= 0.3 is 0 Å². The van der Waals surface area contributed by atoms with E-state index < -0.39 is 0 Å². The fourth-order valence-corrected chi connectivity index (χ4v) is 3.16. The van der Waals surface area contributed by atoms with Crippen LogP contribution in [0.15, 0.2) is 48.7 Å². The van der Waals surface area contributed by atoms with E-state index in [0.29, 0.717) is 22.5 Å². The quantitative estimate of drug-likeness (QED) is 0.765. The molecule has 6 nitrogen and oxygen atoms in total. The summed E-state index contributed by atoms with van der Waals surface area (Å²) < 4.78 is 5.17. The van der Waals surface area contributed by atoms with Gasteiger partial charge in [0.05, 0.1) is 18.3 Å². The number of methoxy groups -OCH3 is 1. The van der Waals surface area contributed by atoms with Crippen LogP contribution in [0.1, 0.15) is 5.56 Å². The molecule has 0 atom stereocenters. The average Bonchev–Trinajstić information content (AvgIpc) is 3.06. The Morgan fingerprint density at radius 3 is 2.92 bits per heavy atom. The molecule has 2 aromatic carbocycles. The van der Waals surface area contributed by atoms with Gasteiger partial charge in [0.2, 0.25) is 0 Å². The van der Waals surface area contributed by atoms with E-state index in [1.54, 1.807) is 25.4 Å². The molecule has 126 valence electrons. The van der Waals surface area contributed by atoms with Crippen molar-refractivity contribution in [3.63, 3.8) is 0 Å². The highest BCUT2D eigenvalue weighted by atomic mass is 35.5. The molecule has 0 fully saturated rings. The molecule has 3 aromatic rings. The molecular weight excluding hydrogens is 338 g/mol. The van der Waals surface area contributed by atoms with Gasteiger partial charge in [-0.15, -0.1) is 5.10 Å². The number of nitrogens with zero attached hydrogens (tertiary/aromatic N) is 4. The fraction of sp³-hybridized carbons (Fsp3) is 0.167. The maximum absolute atomic E-state index is 6.17. The zero-order valence-corrected chi connectivity index (χ0v) is 14.4. The summed E-state index contributed by atoms with van der Waals surface area (Å²) in [5.41, 5.74) is 3.24. The molecule has 1 aliphatic rings. The van der Waals surface area contributed by atoms with Crippen molar-refractivity contribution in [1.82, 2.24) is 15.2 Å². The van der Waals surface area contributed by atoms with Crippen molar-refractivity contribution >= 4 is 34.7 Å². The lowest BCUT2D eigenvalue weighted by molar-refractivity contribution is 0.415. The highest BCUT2D eigenvalue weighted by molar-refractivity contribution is 6.32. The summed E-state index contributed by atoms with van der Waals surface area (Å²) in [5, 5.41) is 12.0. The Hall–Kier alpha value is -2.86. The van der Waals surface area contributed by atoms with Crippen LogP contribution in [0.3, 0.4) is 0 Å². The van der Waals surface area contributed by atoms with Gasteiger partial charge in [-0.1, -0.05) is 29.8 Å². The zero-order valence-electron chi connectivity index (χ0n) is 13.6. The molecule has 2 heterocycles. The number of halogens is 1.